The molecule has 0 spiro atoms. The molecule has 0 radical (unpaired) electrons. The summed E-state index contributed by atoms with van der Waals surface area (Å²) in [6.45, 7) is 0.256. The first-order chi connectivity index (χ1) is 13.6. The molecule has 2 aromatic heterocycles. The van der Waals surface area contributed by atoms with E-state index in [1.165, 1.54) is 25.0 Å². The van der Waals surface area contributed by atoms with Crippen molar-refractivity contribution in [2.75, 3.05) is 0 Å². The summed E-state index contributed by atoms with van der Waals surface area (Å²) < 4.78 is 15.2. The number of amides is 1. The maximum Gasteiger partial charge on any atom is 0.253 e. The Hall–Kier alpha value is -2.73. The second-order valence-corrected chi connectivity index (χ2v) is 7.33. The van der Waals surface area contributed by atoms with E-state index in [0.717, 1.165) is 36.0 Å². The summed E-state index contributed by atoms with van der Waals surface area (Å²) in [5.41, 5.74) is 2.81. The molecule has 1 amide bonds. The molecule has 1 fully saturated rings. The number of nitrogens with zero attached hydrogens (tertiary/aromatic N) is 3. The summed E-state index contributed by atoms with van der Waals surface area (Å²) in [6, 6.07) is 11.8. The Labute approximate surface area is 167 Å². The number of carbonyl (C=O) groups is 1. The molecule has 0 bridgehead atoms. The van der Waals surface area contributed by atoms with Crippen LogP contribution in [0.3, 0.4) is 0 Å². The number of rotatable bonds is 5. The minimum atomic E-state index is -0.475. The zero-order valence-electron chi connectivity index (χ0n) is 15.2. The number of nitrogens with one attached hydrogen (secondary N) is 1. The topological polar surface area (TPSA) is 59.8 Å². The third kappa shape index (κ3) is 3.92. The van der Waals surface area contributed by atoms with Gasteiger partial charge in [0.05, 0.1) is 40.3 Å². The van der Waals surface area contributed by atoms with E-state index in [1.807, 2.05) is 28.9 Å². The van der Waals surface area contributed by atoms with Crippen LogP contribution in [-0.2, 0) is 6.54 Å². The Bertz CT molecular complexity index is 983. The summed E-state index contributed by atoms with van der Waals surface area (Å²) in [6.07, 6.45) is 6.35. The fraction of sp³-hybridized carbons (Fsp3) is 0.286. The maximum atomic E-state index is 13.2. The van der Waals surface area contributed by atoms with Gasteiger partial charge in [-0.2, -0.15) is 5.10 Å². The van der Waals surface area contributed by atoms with Crippen molar-refractivity contribution in [1.29, 1.82) is 0 Å². The molecule has 1 N–H and O–H groups in total. The summed E-state index contributed by atoms with van der Waals surface area (Å²) in [7, 11) is 0. The van der Waals surface area contributed by atoms with Gasteiger partial charge in [0.2, 0.25) is 0 Å². The zero-order chi connectivity index (χ0) is 19.5. The predicted octanol–water partition coefficient (Wildman–Crippen LogP) is 4.78. The molecule has 1 aliphatic rings. The normalized spacial score (nSPS) is 14.4. The molecular weight excluding hydrogens is 379 g/mol. The number of hydrogen-bond acceptors (Lipinski definition) is 3. The molecule has 4 rings (SSSR count). The number of pyridine rings is 1. The molecule has 0 aliphatic heterocycles. The molecule has 5 nitrogen and oxygen atoms in total. The minimum absolute atomic E-state index is 0.0863. The molecular formula is C21H20ClFN4O. The highest BCUT2D eigenvalue weighted by atomic mass is 35.5. The maximum absolute atomic E-state index is 13.2. The first-order valence-corrected chi connectivity index (χ1v) is 9.72. The van der Waals surface area contributed by atoms with Crippen LogP contribution in [0.15, 0.2) is 48.7 Å². The lowest BCUT2D eigenvalue weighted by Crippen LogP contribution is -2.23. The van der Waals surface area contributed by atoms with E-state index in [2.05, 4.69) is 10.3 Å². The van der Waals surface area contributed by atoms with Crippen molar-refractivity contribution in [3.8, 4) is 11.4 Å². The predicted molar refractivity (Wildman–Crippen MR) is 106 cm³/mol. The largest absolute Gasteiger partial charge is 0.346 e. The van der Waals surface area contributed by atoms with Gasteiger partial charge in [-0.25, -0.2) is 4.39 Å². The standard InChI is InChI=1S/C21H20ClFN4O/c22-18-11-14(23)8-9-17(18)21(28)25-13-15-12-20(19-7-3-4-10-24-19)27(26-15)16-5-1-2-6-16/h3-4,7-12,16H,1-2,5-6,13H2,(H,25,28). The van der Waals surface area contributed by atoms with Gasteiger partial charge in [-0.15, -0.1) is 0 Å². The Balaban J connectivity index is 1.55. The van der Waals surface area contributed by atoms with Crippen LogP contribution in [0.2, 0.25) is 5.02 Å². The van der Waals surface area contributed by atoms with Crippen molar-refractivity contribution in [1.82, 2.24) is 20.1 Å². The molecule has 28 heavy (non-hydrogen) atoms. The lowest BCUT2D eigenvalue weighted by atomic mass is 10.2. The summed E-state index contributed by atoms with van der Waals surface area (Å²) >= 11 is 5.97. The van der Waals surface area contributed by atoms with Gasteiger partial charge in [-0.1, -0.05) is 30.5 Å². The zero-order valence-corrected chi connectivity index (χ0v) is 16.0. The van der Waals surface area contributed by atoms with Crippen molar-refractivity contribution in [3.63, 3.8) is 0 Å². The van der Waals surface area contributed by atoms with Gasteiger partial charge >= 0.3 is 0 Å². The van der Waals surface area contributed by atoms with Gasteiger partial charge in [0.15, 0.2) is 0 Å². The molecule has 144 valence electrons. The SMILES string of the molecule is O=C(NCc1cc(-c2ccccn2)n(C2CCCC2)n1)c1ccc(F)cc1Cl. The lowest BCUT2D eigenvalue weighted by Gasteiger charge is -2.13. The van der Waals surface area contributed by atoms with Gasteiger partial charge in [0.25, 0.3) is 5.91 Å². The average molecular weight is 399 g/mol. The average Bonchev–Trinajstić information content (AvgIpc) is 3.36. The number of carbonyl (C=O) groups excluding carboxylic acids is 1. The van der Waals surface area contributed by atoms with Crippen LogP contribution in [0.1, 0.15) is 47.8 Å². The number of halogens is 2. The minimum Gasteiger partial charge on any atom is -0.346 e. The van der Waals surface area contributed by atoms with E-state index in [4.69, 9.17) is 16.7 Å². The van der Waals surface area contributed by atoms with E-state index in [1.54, 1.807) is 6.20 Å². The highest BCUT2D eigenvalue weighted by Gasteiger charge is 2.22. The third-order valence-electron chi connectivity index (χ3n) is 4.99. The fourth-order valence-electron chi connectivity index (χ4n) is 3.60. The van der Waals surface area contributed by atoms with Crippen molar-refractivity contribution < 1.29 is 9.18 Å². The molecule has 1 aliphatic carbocycles. The van der Waals surface area contributed by atoms with E-state index in [9.17, 15) is 9.18 Å². The van der Waals surface area contributed by atoms with Gasteiger partial charge in [0, 0.05) is 6.20 Å². The summed E-state index contributed by atoms with van der Waals surface area (Å²) in [5, 5.41) is 7.64. The Morgan fingerprint density at radius 1 is 1.21 bits per heavy atom. The molecule has 2 heterocycles. The van der Waals surface area contributed by atoms with E-state index >= 15 is 0 Å². The van der Waals surface area contributed by atoms with Crippen molar-refractivity contribution in [3.05, 3.63) is 70.8 Å². The smallest absolute Gasteiger partial charge is 0.253 e. The highest BCUT2D eigenvalue weighted by Crippen LogP contribution is 2.33. The second-order valence-electron chi connectivity index (χ2n) is 6.93. The van der Waals surface area contributed by atoms with Crippen molar-refractivity contribution >= 4 is 17.5 Å². The molecule has 0 unspecified atom stereocenters. The van der Waals surface area contributed by atoms with Gasteiger partial charge in [-0.05, 0) is 49.2 Å². The van der Waals surface area contributed by atoms with Crippen molar-refractivity contribution in [2.24, 2.45) is 0 Å². The molecule has 1 aromatic carbocycles. The van der Waals surface area contributed by atoms with Crippen LogP contribution in [-0.4, -0.2) is 20.7 Å². The molecule has 0 atom stereocenters. The molecule has 7 heteroatoms. The van der Waals surface area contributed by atoms with Crippen LogP contribution in [0.5, 0.6) is 0 Å². The summed E-state index contributed by atoms with van der Waals surface area (Å²) in [4.78, 5) is 16.9. The first-order valence-electron chi connectivity index (χ1n) is 9.35. The Morgan fingerprint density at radius 3 is 2.75 bits per heavy atom. The number of aromatic nitrogens is 3. The first kappa shape index (κ1) is 18.6. The van der Waals surface area contributed by atoms with Crippen LogP contribution >= 0.6 is 11.6 Å². The van der Waals surface area contributed by atoms with E-state index in [0.29, 0.717) is 6.04 Å². The fourth-order valence-corrected chi connectivity index (χ4v) is 3.86. The third-order valence-corrected chi connectivity index (χ3v) is 5.30. The summed E-state index contributed by atoms with van der Waals surface area (Å²) in [5.74, 6) is -0.836. The van der Waals surface area contributed by atoms with E-state index in [-0.39, 0.29) is 23.0 Å². The van der Waals surface area contributed by atoms with Gasteiger partial charge in [-0.3, -0.25) is 14.5 Å². The monoisotopic (exact) mass is 398 g/mol. The van der Waals surface area contributed by atoms with Crippen LogP contribution in [0, 0.1) is 5.82 Å². The lowest BCUT2D eigenvalue weighted by molar-refractivity contribution is 0.0950. The Kier molecular flexibility index (Phi) is 5.39. The highest BCUT2D eigenvalue weighted by molar-refractivity contribution is 6.33. The quantitative estimate of drug-likeness (QED) is 0.672. The van der Waals surface area contributed by atoms with Crippen molar-refractivity contribution in [2.45, 2.75) is 38.3 Å². The number of benzene rings is 1. The number of hydrogen-bond donors (Lipinski definition) is 1. The molecule has 3 aromatic rings. The van der Waals surface area contributed by atoms with Gasteiger partial charge < -0.3 is 5.32 Å². The second kappa shape index (κ2) is 8.10. The Morgan fingerprint density at radius 2 is 2.04 bits per heavy atom. The molecule has 0 saturated heterocycles. The van der Waals surface area contributed by atoms with Crippen LogP contribution in [0.25, 0.3) is 11.4 Å². The van der Waals surface area contributed by atoms with E-state index < -0.39 is 5.82 Å². The molecule has 1 saturated carbocycles. The van der Waals surface area contributed by atoms with Gasteiger partial charge in [0.1, 0.15) is 5.82 Å². The van der Waals surface area contributed by atoms with Crippen LogP contribution < -0.4 is 5.32 Å². The van der Waals surface area contributed by atoms with Crippen LogP contribution in [0.4, 0.5) is 4.39 Å².